The summed E-state index contributed by atoms with van der Waals surface area (Å²) in [5, 5.41) is 4.37. The molecule has 19 heavy (non-hydrogen) atoms. The fraction of sp³-hybridized carbons (Fsp3) is 0.643. The van der Waals surface area contributed by atoms with Gasteiger partial charge in [0.1, 0.15) is 12.1 Å². The number of aryl methyl sites for hydroxylation is 1. The molecule has 0 saturated heterocycles. The van der Waals surface area contributed by atoms with E-state index in [1.54, 1.807) is 6.33 Å². The van der Waals surface area contributed by atoms with Crippen LogP contribution in [0.15, 0.2) is 6.33 Å². The highest BCUT2D eigenvalue weighted by Crippen LogP contribution is 2.34. The van der Waals surface area contributed by atoms with E-state index in [1.165, 1.54) is 30.6 Å². The van der Waals surface area contributed by atoms with Gasteiger partial charge in [-0.2, -0.15) is 14.6 Å². The normalized spacial score (nSPS) is 16.1. The molecule has 102 valence electrons. The van der Waals surface area contributed by atoms with E-state index in [4.69, 9.17) is 0 Å². The average Bonchev–Trinajstić information content (AvgIpc) is 2.71. The van der Waals surface area contributed by atoms with Gasteiger partial charge in [-0.15, -0.1) is 0 Å². The van der Waals surface area contributed by atoms with Crippen molar-refractivity contribution in [3.05, 3.63) is 17.6 Å². The standard InChI is InChI=1S/C14H21N5/c1-9(2)12-10(3)17-14-15-8-16-19(14)13(12)18(4)11-6-5-7-11/h8-9,11H,5-7H2,1-4H3. The summed E-state index contributed by atoms with van der Waals surface area (Å²) in [6.07, 6.45) is 5.46. The second-order valence-electron chi connectivity index (χ2n) is 5.76. The lowest BCUT2D eigenvalue weighted by Gasteiger charge is -2.37. The quantitative estimate of drug-likeness (QED) is 0.850. The van der Waals surface area contributed by atoms with Crippen LogP contribution in [0.3, 0.4) is 0 Å². The molecular weight excluding hydrogens is 238 g/mol. The van der Waals surface area contributed by atoms with Crippen molar-refractivity contribution in [2.75, 3.05) is 11.9 Å². The number of fused-ring (bicyclic) bond motifs is 1. The number of aromatic nitrogens is 4. The van der Waals surface area contributed by atoms with Gasteiger partial charge in [-0.05, 0) is 32.1 Å². The Bertz CT molecular complexity index is 597. The monoisotopic (exact) mass is 259 g/mol. The zero-order valence-electron chi connectivity index (χ0n) is 12.1. The first-order chi connectivity index (χ1) is 9.09. The molecule has 0 aromatic carbocycles. The van der Waals surface area contributed by atoms with Crippen LogP contribution in [-0.2, 0) is 0 Å². The molecule has 1 saturated carbocycles. The molecule has 5 heteroatoms. The summed E-state index contributed by atoms with van der Waals surface area (Å²) in [7, 11) is 2.17. The molecule has 0 aliphatic heterocycles. The van der Waals surface area contributed by atoms with Gasteiger partial charge in [-0.1, -0.05) is 13.8 Å². The predicted octanol–water partition coefficient (Wildman–Crippen LogP) is 2.54. The fourth-order valence-corrected chi connectivity index (χ4v) is 2.91. The SMILES string of the molecule is Cc1nc2ncnn2c(N(C)C2CCC2)c1C(C)C. The number of hydrogen-bond acceptors (Lipinski definition) is 4. The molecule has 0 amide bonds. The molecule has 0 unspecified atom stereocenters. The molecular formula is C14H21N5. The van der Waals surface area contributed by atoms with E-state index in [0.29, 0.717) is 17.7 Å². The first-order valence-corrected chi connectivity index (χ1v) is 7.02. The first-order valence-electron chi connectivity index (χ1n) is 7.02. The minimum Gasteiger partial charge on any atom is -0.356 e. The minimum absolute atomic E-state index is 0.429. The van der Waals surface area contributed by atoms with Crippen molar-refractivity contribution < 1.29 is 0 Å². The molecule has 3 rings (SSSR count). The summed E-state index contributed by atoms with van der Waals surface area (Å²) >= 11 is 0. The summed E-state index contributed by atoms with van der Waals surface area (Å²) in [6, 6.07) is 0.631. The highest BCUT2D eigenvalue weighted by molar-refractivity contribution is 5.56. The molecule has 2 aromatic heterocycles. The largest absolute Gasteiger partial charge is 0.356 e. The van der Waals surface area contributed by atoms with Crippen molar-refractivity contribution >= 4 is 11.6 Å². The zero-order chi connectivity index (χ0) is 13.6. The van der Waals surface area contributed by atoms with Crippen LogP contribution in [0.5, 0.6) is 0 Å². The Hall–Kier alpha value is -1.65. The maximum Gasteiger partial charge on any atom is 0.254 e. The van der Waals surface area contributed by atoms with Crippen molar-refractivity contribution in [3.8, 4) is 0 Å². The summed E-state index contributed by atoms with van der Waals surface area (Å²) in [6.45, 7) is 6.50. The van der Waals surface area contributed by atoms with E-state index in [9.17, 15) is 0 Å². The van der Waals surface area contributed by atoms with E-state index in [1.807, 2.05) is 4.52 Å². The van der Waals surface area contributed by atoms with Crippen molar-refractivity contribution in [1.29, 1.82) is 0 Å². The van der Waals surface area contributed by atoms with Crippen LogP contribution in [0, 0.1) is 6.92 Å². The van der Waals surface area contributed by atoms with Crippen LogP contribution < -0.4 is 4.90 Å². The maximum absolute atomic E-state index is 4.57. The predicted molar refractivity (Wildman–Crippen MR) is 75.7 cm³/mol. The number of nitrogens with zero attached hydrogens (tertiary/aromatic N) is 5. The molecule has 2 heterocycles. The highest BCUT2D eigenvalue weighted by atomic mass is 15.4. The van der Waals surface area contributed by atoms with Gasteiger partial charge in [0.25, 0.3) is 5.78 Å². The first kappa shape index (κ1) is 12.4. The highest BCUT2D eigenvalue weighted by Gasteiger charge is 2.28. The van der Waals surface area contributed by atoms with Gasteiger partial charge < -0.3 is 4.90 Å². The second-order valence-corrected chi connectivity index (χ2v) is 5.76. The molecule has 0 N–H and O–H groups in total. The topological polar surface area (TPSA) is 46.3 Å². The van der Waals surface area contributed by atoms with Crippen LogP contribution in [0.4, 0.5) is 5.82 Å². The summed E-state index contributed by atoms with van der Waals surface area (Å²) in [5.74, 6) is 2.29. The molecule has 2 aromatic rings. The van der Waals surface area contributed by atoms with Crippen molar-refractivity contribution in [2.45, 2.75) is 52.0 Å². The van der Waals surface area contributed by atoms with E-state index >= 15 is 0 Å². The maximum atomic E-state index is 4.57. The van der Waals surface area contributed by atoms with Gasteiger partial charge in [0.05, 0.1) is 0 Å². The van der Waals surface area contributed by atoms with Crippen LogP contribution in [0.2, 0.25) is 0 Å². The van der Waals surface area contributed by atoms with Crippen molar-refractivity contribution in [2.24, 2.45) is 0 Å². The Labute approximate surface area is 113 Å². The molecule has 0 radical (unpaired) electrons. The van der Waals surface area contributed by atoms with Crippen LogP contribution in [0.1, 0.15) is 50.3 Å². The van der Waals surface area contributed by atoms with Gasteiger partial charge in [0.2, 0.25) is 0 Å². The average molecular weight is 259 g/mol. The zero-order valence-corrected chi connectivity index (χ0v) is 12.1. The minimum atomic E-state index is 0.429. The van der Waals surface area contributed by atoms with Crippen molar-refractivity contribution in [1.82, 2.24) is 19.6 Å². The molecule has 1 fully saturated rings. The van der Waals surface area contributed by atoms with E-state index in [2.05, 4.69) is 47.8 Å². The summed E-state index contributed by atoms with van der Waals surface area (Å²) < 4.78 is 1.89. The molecule has 0 atom stereocenters. The summed E-state index contributed by atoms with van der Waals surface area (Å²) in [4.78, 5) is 11.2. The smallest absolute Gasteiger partial charge is 0.254 e. The van der Waals surface area contributed by atoms with Crippen LogP contribution in [0.25, 0.3) is 5.78 Å². The Morgan fingerprint density at radius 2 is 2.11 bits per heavy atom. The molecule has 0 spiro atoms. The van der Waals surface area contributed by atoms with E-state index in [-0.39, 0.29) is 0 Å². The van der Waals surface area contributed by atoms with Gasteiger partial charge in [0.15, 0.2) is 0 Å². The third kappa shape index (κ3) is 1.88. The Balaban J connectivity index is 2.22. The van der Waals surface area contributed by atoms with Gasteiger partial charge in [-0.25, -0.2) is 4.98 Å². The lowest BCUT2D eigenvalue weighted by atomic mass is 9.91. The molecule has 1 aliphatic carbocycles. The fourth-order valence-electron chi connectivity index (χ4n) is 2.91. The number of anilines is 1. The number of hydrogen-bond donors (Lipinski definition) is 0. The van der Waals surface area contributed by atoms with Gasteiger partial charge >= 0.3 is 0 Å². The Kier molecular flexibility index (Phi) is 2.92. The van der Waals surface area contributed by atoms with E-state index in [0.717, 1.165) is 5.69 Å². The third-order valence-corrected chi connectivity index (χ3v) is 4.16. The molecule has 5 nitrogen and oxygen atoms in total. The lowest BCUT2D eigenvalue weighted by Crippen LogP contribution is -2.39. The van der Waals surface area contributed by atoms with Crippen molar-refractivity contribution in [3.63, 3.8) is 0 Å². The van der Waals surface area contributed by atoms with E-state index < -0.39 is 0 Å². The van der Waals surface area contributed by atoms with Crippen LogP contribution in [-0.4, -0.2) is 32.7 Å². The van der Waals surface area contributed by atoms with Crippen LogP contribution >= 0.6 is 0 Å². The molecule has 0 bridgehead atoms. The second kappa shape index (κ2) is 4.47. The summed E-state index contributed by atoms with van der Waals surface area (Å²) in [5.41, 5.74) is 2.35. The lowest BCUT2D eigenvalue weighted by molar-refractivity contribution is 0.396. The Morgan fingerprint density at radius 1 is 1.37 bits per heavy atom. The third-order valence-electron chi connectivity index (χ3n) is 4.16. The Morgan fingerprint density at radius 3 is 2.68 bits per heavy atom. The van der Waals surface area contributed by atoms with Gasteiger partial charge in [0, 0.05) is 24.3 Å². The number of rotatable bonds is 3. The van der Waals surface area contributed by atoms with Gasteiger partial charge in [-0.3, -0.25) is 0 Å². The molecule has 1 aliphatic rings.